The van der Waals surface area contributed by atoms with Crippen LogP contribution in [-0.2, 0) is 6.42 Å². The second kappa shape index (κ2) is 2.90. The summed E-state index contributed by atoms with van der Waals surface area (Å²) in [4.78, 5) is 0. The van der Waals surface area contributed by atoms with Crippen LogP contribution < -0.4 is 0 Å². The van der Waals surface area contributed by atoms with E-state index in [0.29, 0.717) is 0 Å². The molecule has 1 N–H and O–H groups in total. The van der Waals surface area contributed by atoms with Gasteiger partial charge in [-0.05, 0) is 24.5 Å². The van der Waals surface area contributed by atoms with Gasteiger partial charge in [-0.15, -0.1) is 0 Å². The van der Waals surface area contributed by atoms with Crippen LogP contribution in [0.25, 0.3) is 0 Å². The molecule has 62 valence electrons. The Morgan fingerprint density at radius 2 is 2.17 bits per heavy atom. The molecule has 1 aliphatic carbocycles. The maximum atomic E-state index is 8.68. The van der Waals surface area contributed by atoms with E-state index in [0.717, 1.165) is 28.6 Å². The van der Waals surface area contributed by atoms with Crippen LogP contribution in [0.15, 0.2) is 27.8 Å². The quantitative estimate of drug-likeness (QED) is 0.535. The second-order valence-electron chi connectivity index (χ2n) is 2.81. The maximum absolute atomic E-state index is 8.68. The fraction of sp³-hybridized carbons (Fsp3) is 0.222. The fourth-order valence-corrected chi connectivity index (χ4v) is 2.13. The molecule has 2 rings (SSSR count). The smallest absolute Gasteiger partial charge is 0.0874 e. The number of hydrogen-bond acceptors (Lipinski definition) is 2. The number of benzene rings is 1. The first kappa shape index (κ1) is 7.80. The predicted octanol–water partition coefficient (Wildman–Crippen LogP) is 2.57. The van der Waals surface area contributed by atoms with E-state index in [1.807, 2.05) is 18.2 Å². The molecular weight excluding hydrogens is 218 g/mol. The Bertz CT molecular complexity index is 346. The number of nitrogens with zero attached hydrogens (tertiary/aromatic N) is 1. The maximum Gasteiger partial charge on any atom is 0.0874 e. The fourth-order valence-electron chi connectivity index (χ4n) is 1.57. The summed E-state index contributed by atoms with van der Waals surface area (Å²) in [6, 6.07) is 5.96. The van der Waals surface area contributed by atoms with E-state index in [1.165, 1.54) is 5.56 Å². The van der Waals surface area contributed by atoms with Crippen LogP contribution in [0.3, 0.4) is 0 Å². The highest BCUT2D eigenvalue weighted by Crippen LogP contribution is 2.28. The Morgan fingerprint density at radius 3 is 2.92 bits per heavy atom. The molecule has 0 amide bonds. The lowest BCUT2D eigenvalue weighted by atomic mass is 10.1. The SMILES string of the molecule is O/N=C1\CCc2c(Br)cccc21. The molecule has 1 aliphatic rings. The minimum Gasteiger partial charge on any atom is -0.411 e. The first-order valence-corrected chi connectivity index (χ1v) is 4.61. The van der Waals surface area contributed by atoms with Gasteiger partial charge in [0.25, 0.3) is 0 Å². The molecule has 0 bridgehead atoms. The van der Waals surface area contributed by atoms with Crippen molar-refractivity contribution < 1.29 is 5.21 Å². The average molecular weight is 226 g/mol. The lowest BCUT2D eigenvalue weighted by molar-refractivity contribution is 0.318. The molecule has 12 heavy (non-hydrogen) atoms. The summed E-state index contributed by atoms with van der Waals surface area (Å²) >= 11 is 3.47. The van der Waals surface area contributed by atoms with E-state index in [9.17, 15) is 0 Å². The Balaban J connectivity index is 2.61. The number of oxime groups is 1. The van der Waals surface area contributed by atoms with Crippen molar-refractivity contribution in [2.45, 2.75) is 12.8 Å². The molecule has 0 radical (unpaired) electrons. The van der Waals surface area contributed by atoms with Gasteiger partial charge in [-0.3, -0.25) is 0 Å². The summed E-state index contributed by atoms with van der Waals surface area (Å²) in [5.74, 6) is 0. The highest BCUT2D eigenvalue weighted by atomic mass is 79.9. The van der Waals surface area contributed by atoms with E-state index < -0.39 is 0 Å². The van der Waals surface area contributed by atoms with Gasteiger partial charge >= 0.3 is 0 Å². The van der Waals surface area contributed by atoms with Crippen LogP contribution in [-0.4, -0.2) is 10.9 Å². The highest BCUT2D eigenvalue weighted by Gasteiger charge is 2.19. The van der Waals surface area contributed by atoms with E-state index in [1.54, 1.807) is 0 Å². The molecule has 0 heterocycles. The highest BCUT2D eigenvalue weighted by molar-refractivity contribution is 9.10. The third-order valence-corrected chi connectivity index (χ3v) is 2.91. The minimum atomic E-state index is 0.798. The Hall–Kier alpha value is -0.830. The van der Waals surface area contributed by atoms with Gasteiger partial charge in [-0.25, -0.2) is 0 Å². The second-order valence-corrected chi connectivity index (χ2v) is 3.67. The summed E-state index contributed by atoms with van der Waals surface area (Å²) in [5.41, 5.74) is 3.13. The van der Waals surface area contributed by atoms with Crippen molar-refractivity contribution in [3.63, 3.8) is 0 Å². The first-order chi connectivity index (χ1) is 5.83. The summed E-state index contributed by atoms with van der Waals surface area (Å²) in [7, 11) is 0. The summed E-state index contributed by atoms with van der Waals surface area (Å²) in [6.45, 7) is 0. The average Bonchev–Trinajstić information content (AvgIpc) is 2.49. The van der Waals surface area contributed by atoms with Crippen molar-refractivity contribution in [2.24, 2.45) is 5.16 Å². The van der Waals surface area contributed by atoms with E-state index in [2.05, 4.69) is 21.1 Å². The normalized spacial score (nSPS) is 18.2. The van der Waals surface area contributed by atoms with Crippen molar-refractivity contribution in [3.05, 3.63) is 33.8 Å². The van der Waals surface area contributed by atoms with Crippen LogP contribution in [0.1, 0.15) is 17.5 Å². The molecule has 0 atom stereocenters. The van der Waals surface area contributed by atoms with Crippen molar-refractivity contribution in [1.29, 1.82) is 0 Å². The molecule has 0 aromatic heterocycles. The molecule has 0 unspecified atom stereocenters. The van der Waals surface area contributed by atoms with Crippen molar-refractivity contribution in [1.82, 2.24) is 0 Å². The van der Waals surface area contributed by atoms with Gasteiger partial charge in [0.2, 0.25) is 0 Å². The zero-order valence-electron chi connectivity index (χ0n) is 6.42. The van der Waals surface area contributed by atoms with Crippen LogP contribution in [0.4, 0.5) is 0 Å². The number of fused-ring (bicyclic) bond motifs is 1. The Kier molecular flexibility index (Phi) is 1.89. The van der Waals surface area contributed by atoms with Crippen molar-refractivity contribution in [2.75, 3.05) is 0 Å². The molecule has 0 fully saturated rings. The zero-order valence-corrected chi connectivity index (χ0v) is 8.00. The third kappa shape index (κ3) is 1.05. The number of hydrogen-bond donors (Lipinski definition) is 1. The lowest BCUT2D eigenvalue weighted by Gasteiger charge is -1.99. The van der Waals surface area contributed by atoms with Gasteiger partial charge in [-0.1, -0.05) is 33.2 Å². The molecule has 3 heteroatoms. The van der Waals surface area contributed by atoms with Crippen LogP contribution >= 0.6 is 15.9 Å². The van der Waals surface area contributed by atoms with Crippen LogP contribution in [0, 0.1) is 0 Å². The van der Waals surface area contributed by atoms with E-state index in [4.69, 9.17) is 5.21 Å². The molecule has 0 saturated heterocycles. The topological polar surface area (TPSA) is 32.6 Å². The van der Waals surface area contributed by atoms with Gasteiger partial charge < -0.3 is 5.21 Å². The number of rotatable bonds is 0. The van der Waals surface area contributed by atoms with Gasteiger partial charge in [-0.2, -0.15) is 0 Å². The molecule has 0 saturated carbocycles. The first-order valence-electron chi connectivity index (χ1n) is 3.81. The molecule has 1 aromatic rings. The molecular formula is C9H8BrNO. The van der Waals surface area contributed by atoms with Gasteiger partial charge in [0.05, 0.1) is 5.71 Å². The monoisotopic (exact) mass is 225 g/mol. The number of halogens is 1. The van der Waals surface area contributed by atoms with Crippen LogP contribution in [0.2, 0.25) is 0 Å². The van der Waals surface area contributed by atoms with Gasteiger partial charge in [0.1, 0.15) is 0 Å². The van der Waals surface area contributed by atoms with E-state index >= 15 is 0 Å². The molecule has 2 nitrogen and oxygen atoms in total. The summed E-state index contributed by atoms with van der Waals surface area (Å²) in [6.07, 6.45) is 1.81. The third-order valence-electron chi connectivity index (χ3n) is 2.16. The summed E-state index contributed by atoms with van der Waals surface area (Å²) in [5, 5.41) is 11.9. The Labute approximate surface area is 79.0 Å². The standard InChI is InChI=1S/C9H8BrNO/c10-8-3-1-2-7-6(8)4-5-9(7)11-12/h1-3,12H,4-5H2/b11-9+. The lowest BCUT2D eigenvalue weighted by Crippen LogP contribution is -1.93. The molecule has 0 spiro atoms. The Morgan fingerprint density at radius 1 is 1.33 bits per heavy atom. The van der Waals surface area contributed by atoms with Gasteiger partial charge in [0.15, 0.2) is 0 Å². The predicted molar refractivity (Wildman–Crippen MR) is 50.8 cm³/mol. The van der Waals surface area contributed by atoms with Crippen molar-refractivity contribution in [3.8, 4) is 0 Å². The largest absolute Gasteiger partial charge is 0.411 e. The molecule has 1 aromatic carbocycles. The zero-order chi connectivity index (χ0) is 8.55. The molecule has 0 aliphatic heterocycles. The van der Waals surface area contributed by atoms with E-state index in [-0.39, 0.29) is 0 Å². The summed E-state index contributed by atoms with van der Waals surface area (Å²) < 4.78 is 1.11. The van der Waals surface area contributed by atoms with Crippen LogP contribution in [0.5, 0.6) is 0 Å². The minimum absolute atomic E-state index is 0.798. The van der Waals surface area contributed by atoms with Gasteiger partial charge in [0, 0.05) is 10.0 Å². The van der Waals surface area contributed by atoms with Crippen molar-refractivity contribution >= 4 is 21.6 Å².